The van der Waals surface area contributed by atoms with Crippen molar-refractivity contribution in [3.05, 3.63) is 0 Å². The van der Waals surface area contributed by atoms with Gasteiger partial charge in [-0.1, -0.05) is 11.3 Å². The zero-order chi connectivity index (χ0) is 12.0. The van der Waals surface area contributed by atoms with Gasteiger partial charge in [-0.05, 0) is 36.6 Å². The summed E-state index contributed by atoms with van der Waals surface area (Å²) in [7, 11) is -0.0849. The molecule has 0 saturated carbocycles. The molecule has 2 nitrogen and oxygen atoms in total. The van der Waals surface area contributed by atoms with Crippen molar-refractivity contribution in [1.29, 1.82) is 0 Å². The van der Waals surface area contributed by atoms with E-state index in [1.807, 2.05) is 12.3 Å². The van der Waals surface area contributed by atoms with Gasteiger partial charge in [0.2, 0.25) is 0 Å². The summed E-state index contributed by atoms with van der Waals surface area (Å²) in [5, 5.41) is 5.44. The smallest absolute Gasteiger partial charge is 0.316 e. The molecular formula is C11H15Cl2NOS. The van der Waals surface area contributed by atoms with Crippen LogP contribution in [0.1, 0.15) is 19.8 Å². The lowest BCUT2D eigenvalue weighted by Crippen LogP contribution is -2.34. The number of hydrogen-bond acceptors (Lipinski definition) is 1. The molecule has 0 radical (unpaired) electrons. The molecule has 1 rings (SSSR count). The molecule has 1 aliphatic rings. The first-order valence-electron chi connectivity index (χ1n) is 5.18. The van der Waals surface area contributed by atoms with E-state index in [-0.39, 0.29) is 15.9 Å². The SMILES string of the molecule is C/C=S(/C#CC1CCN(C(=O)Cl)CC1)CCl. The number of piperidine rings is 1. The van der Waals surface area contributed by atoms with Gasteiger partial charge in [-0.2, -0.15) is 0 Å². The lowest BCUT2D eigenvalue weighted by Gasteiger charge is -2.27. The summed E-state index contributed by atoms with van der Waals surface area (Å²) >= 11 is 11.2. The summed E-state index contributed by atoms with van der Waals surface area (Å²) in [6.45, 7) is 3.41. The first-order chi connectivity index (χ1) is 7.67. The topological polar surface area (TPSA) is 20.3 Å². The second-order valence-corrected chi connectivity index (χ2v) is 6.26. The van der Waals surface area contributed by atoms with Crippen LogP contribution in [0.15, 0.2) is 0 Å². The van der Waals surface area contributed by atoms with Gasteiger partial charge in [-0.15, -0.1) is 22.1 Å². The molecule has 1 aliphatic heterocycles. The highest BCUT2D eigenvalue weighted by Gasteiger charge is 2.19. The molecular weight excluding hydrogens is 265 g/mol. The largest absolute Gasteiger partial charge is 0.329 e. The van der Waals surface area contributed by atoms with Gasteiger partial charge < -0.3 is 4.90 Å². The Morgan fingerprint density at radius 3 is 2.62 bits per heavy atom. The third-order valence-electron chi connectivity index (χ3n) is 2.54. The molecule has 0 bridgehead atoms. The van der Waals surface area contributed by atoms with Gasteiger partial charge in [0.25, 0.3) is 0 Å². The van der Waals surface area contributed by atoms with Crippen molar-refractivity contribution in [3.8, 4) is 11.2 Å². The number of carbonyl (C=O) groups is 1. The molecule has 90 valence electrons. The number of halogens is 2. The second kappa shape index (κ2) is 7.21. The van der Waals surface area contributed by atoms with Gasteiger partial charge >= 0.3 is 5.37 Å². The molecule has 1 atom stereocenters. The van der Waals surface area contributed by atoms with E-state index in [1.165, 1.54) is 0 Å². The molecule has 1 heterocycles. The molecule has 0 N–H and O–H groups in total. The Bertz CT molecular complexity index is 338. The third kappa shape index (κ3) is 4.37. The minimum atomic E-state index is -0.353. The van der Waals surface area contributed by atoms with Gasteiger partial charge in [0.1, 0.15) is 0 Å². The monoisotopic (exact) mass is 279 g/mol. The molecule has 0 spiro atoms. The Morgan fingerprint density at radius 2 is 2.19 bits per heavy atom. The Labute approximate surface area is 109 Å². The maximum Gasteiger partial charge on any atom is 0.316 e. The minimum Gasteiger partial charge on any atom is -0.329 e. The highest BCUT2D eigenvalue weighted by molar-refractivity contribution is 8.19. The number of hydrogen-bond donors (Lipinski definition) is 0. The Morgan fingerprint density at radius 1 is 1.56 bits per heavy atom. The van der Waals surface area contributed by atoms with Crippen molar-refractivity contribution in [2.24, 2.45) is 5.92 Å². The molecule has 16 heavy (non-hydrogen) atoms. The zero-order valence-electron chi connectivity index (χ0n) is 9.21. The molecule has 1 unspecified atom stereocenters. The van der Waals surface area contributed by atoms with Crippen molar-refractivity contribution in [3.63, 3.8) is 0 Å². The molecule has 1 saturated heterocycles. The quantitative estimate of drug-likeness (QED) is 0.237. The maximum atomic E-state index is 10.9. The molecule has 1 amide bonds. The predicted octanol–water partition coefficient (Wildman–Crippen LogP) is 3.31. The van der Waals surface area contributed by atoms with Crippen LogP contribution in [-0.4, -0.2) is 33.9 Å². The summed E-state index contributed by atoms with van der Waals surface area (Å²) in [5.41, 5.74) is 0. The Hall–Kier alpha value is -0.170. The molecule has 1 fully saturated rings. The highest BCUT2D eigenvalue weighted by Crippen LogP contribution is 2.19. The highest BCUT2D eigenvalue weighted by atomic mass is 35.5. The molecule has 0 aromatic heterocycles. The third-order valence-corrected chi connectivity index (χ3v) is 4.67. The number of rotatable bonds is 1. The van der Waals surface area contributed by atoms with Gasteiger partial charge in [0, 0.05) is 19.0 Å². The lowest BCUT2D eigenvalue weighted by atomic mass is 9.98. The summed E-state index contributed by atoms with van der Waals surface area (Å²) in [5.74, 6) is 3.63. The lowest BCUT2D eigenvalue weighted by molar-refractivity contribution is 0.202. The molecule has 5 heteroatoms. The van der Waals surface area contributed by atoms with Crippen LogP contribution in [-0.2, 0) is 0 Å². The van der Waals surface area contributed by atoms with Crippen molar-refractivity contribution in [2.75, 3.05) is 18.3 Å². The second-order valence-electron chi connectivity index (χ2n) is 3.53. The van der Waals surface area contributed by atoms with Crippen LogP contribution < -0.4 is 0 Å². The van der Waals surface area contributed by atoms with E-state index < -0.39 is 0 Å². The van der Waals surface area contributed by atoms with Crippen LogP contribution >= 0.6 is 33.7 Å². The van der Waals surface area contributed by atoms with Crippen LogP contribution in [0.25, 0.3) is 0 Å². The van der Waals surface area contributed by atoms with Crippen molar-refractivity contribution < 1.29 is 4.79 Å². The van der Waals surface area contributed by atoms with E-state index in [0.29, 0.717) is 24.2 Å². The van der Waals surface area contributed by atoms with Crippen LogP contribution in [0, 0.1) is 17.1 Å². The fourth-order valence-electron chi connectivity index (χ4n) is 1.51. The van der Waals surface area contributed by atoms with Crippen LogP contribution in [0.4, 0.5) is 4.79 Å². The van der Waals surface area contributed by atoms with Crippen LogP contribution in [0.2, 0.25) is 0 Å². The molecule has 0 aromatic carbocycles. The minimum absolute atomic E-state index is 0.0849. The fourth-order valence-corrected chi connectivity index (χ4v) is 2.83. The molecule has 0 aromatic rings. The van der Waals surface area contributed by atoms with Crippen LogP contribution in [0.5, 0.6) is 0 Å². The standard InChI is InChI=1S/C11H15Cl2NOS/c1-2-16(9-12)8-5-10-3-6-14(7-4-10)11(13)15/h2,10H,3-4,6-7,9H2,1H3. The van der Waals surface area contributed by atoms with E-state index in [1.54, 1.807) is 4.90 Å². The number of amides is 1. The van der Waals surface area contributed by atoms with E-state index in [4.69, 9.17) is 23.2 Å². The summed E-state index contributed by atoms with van der Waals surface area (Å²) in [4.78, 5) is 12.6. The van der Waals surface area contributed by atoms with Crippen molar-refractivity contribution >= 4 is 44.4 Å². The van der Waals surface area contributed by atoms with Gasteiger partial charge in [0.05, 0.1) is 5.21 Å². The maximum absolute atomic E-state index is 10.9. The van der Waals surface area contributed by atoms with E-state index >= 15 is 0 Å². The Balaban J connectivity index is 2.46. The van der Waals surface area contributed by atoms with Gasteiger partial charge in [-0.25, -0.2) is 0 Å². The average Bonchev–Trinajstić information content (AvgIpc) is 2.31. The number of nitrogens with zero attached hydrogens (tertiary/aromatic N) is 1. The molecule has 0 aliphatic carbocycles. The summed E-state index contributed by atoms with van der Waals surface area (Å²) in [6, 6.07) is 0. The normalized spacial score (nSPS) is 19.1. The van der Waals surface area contributed by atoms with Gasteiger partial charge in [-0.3, -0.25) is 4.79 Å². The first-order valence-corrected chi connectivity index (χ1v) is 7.55. The average molecular weight is 280 g/mol. The number of alkyl halides is 1. The number of likely N-dealkylation sites (tertiary alicyclic amines) is 1. The van der Waals surface area contributed by atoms with E-state index in [2.05, 4.69) is 11.2 Å². The zero-order valence-corrected chi connectivity index (χ0v) is 11.5. The van der Waals surface area contributed by atoms with Crippen molar-refractivity contribution in [1.82, 2.24) is 4.90 Å². The predicted molar refractivity (Wildman–Crippen MR) is 73.4 cm³/mol. The van der Waals surface area contributed by atoms with E-state index in [9.17, 15) is 4.79 Å². The fraction of sp³-hybridized carbons (Fsp3) is 0.636. The van der Waals surface area contributed by atoms with Gasteiger partial charge in [0.15, 0.2) is 0 Å². The number of carbonyl (C=O) groups excluding carboxylic acids is 1. The Kier molecular flexibility index (Phi) is 6.26. The van der Waals surface area contributed by atoms with Crippen LogP contribution in [0.3, 0.4) is 0 Å². The van der Waals surface area contributed by atoms with E-state index in [0.717, 1.165) is 12.8 Å². The summed E-state index contributed by atoms with van der Waals surface area (Å²) in [6.07, 6.45) is 1.82. The van der Waals surface area contributed by atoms with Crippen molar-refractivity contribution in [2.45, 2.75) is 19.8 Å². The summed E-state index contributed by atoms with van der Waals surface area (Å²) < 4.78 is 0. The first kappa shape index (κ1) is 13.9.